The summed E-state index contributed by atoms with van der Waals surface area (Å²) < 4.78 is 18.3. The van der Waals surface area contributed by atoms with Gasteiger partial charge in [0.1, 0.15) is 11.6 Å². The van der Waals surface area contributed by atoms with E-state index < -0.39 is 0 Å². The zero-order valence-electron chi connectivity index (χ0n) is 13.4. The molecule has 0 amide bonds. The molecule has 1 rings (SSSR count). The summed E-state index contributed by atoms with van der Waals surface area (Å²) in [6, 6.07) is 6.09. The summed E-state index contributed by atoms with van der Waals surface area (Å²) in [4.78, 5) is 4.17. The van der Waals surface area contributed by atoms with Crippen molar-refractivity contribution in [1.29, 1.82) is 0 Å². The van der Waals surface area contributed by atoms with Gasteiger partial charge >= 0.3 is 0 Å². The van der Waals surface area contributed by atoms with E-state index in [0.29, 0.717) is 12.4 Å². The molecule has 0 unspecified atom stereocenters. The minimum Gasteiger partial charge on any atom is -0.494 e. The predicted molar refractivity (Wildman–Crippen MR) is 85.4 cm³/mol. The predicted octanol–water partition coefficient (Wildman–Crippen LogP) is 2.95. The van der Waals surface area contributed by atoms with Crippen molar-refractivity contribution in [2.75, 3.05) is 20.2 Å². The Labute approximate surface area is 126 Å². The number of hydrogen-bond donors (Lipinski definition) is 2. The number of aliphatic imine (C=N–C) groups is 1. The van der Waals surface area contributed by atoms with Gasteiger partial charge in [0.15, 0.2) is 5.96 Å². The lowest BCUT2D eigenvalue weighted by Crippen LogP contribution is -2.47. The van der Waals surface area contributed by atoms with Gasteiger partial charge < -0.3 is 15.4 Å². The van der Waals surface area contributed by atoms with E-state index in [1.165, 1.54) is 12.1 Å². The van der Waals surface area contributed by atoms with Crippen LogP contribution in [0.4, 0.5) is 4.39 Å². The van der Waals surface area contributed by atoms with Crippen LogP contribution in [0.2, 0.25) is 0 Å². The average molecular weight is 295 g/mol. The first-order valence-corrected chi connectivity index (χ1v) is 7.28. The molecule has 0 heterocycles. The average Bonchev–Trinajstić information content (AvgIpc) is 2.42. The second-order valence-corrected chi connectivity index (χ2v) is 5.88. The van der Waals surface area contributed by atoms with Gasteiger partial charge in [0.05, 0.1) is 6.61 Å². The molecule has 0 fully saturated rings. The fourth-order valence-electron chi connectivity index (χ4n) is 1.69. The van der Waals surface area contributed by atoms with Crippen molar-refractivity contribution in [3.63, 3.8) is 0 Å². The molecule has 1 aromatic carbocycles. The zero-order chi connectivity index (χ0) is 15.7. The molecule has 0 spiro atoms. The van der Waals surface area contributed by atoms with Crippen molar-refractivity contribution in [1.82, 2.24) is 10.6 Å². The molecule has 0 saturated heterocycles. The summed E-state index contributed by atoms with van der Waals surface area (Å²) in [6.07, 6.45) is 1.91. The highest BCUT2D eigenvalue weighted by Crippen LogP contribution is 2.11. The molecule has 0 saturated carbocycles. The van der Waals surface area contributed by atoms with E-state index in [-0.39, 0.29) is 11.4 Å². The summed E-state index contributed by atoms with van der Waals surface area (Å²) >= 11 is 0. The Morgan fingerprint density at radius 2 is 1.86 bits per heavy atom. The van der Waals surface area contributed by atoms with Gasteiger partial charge in [0.25, 0.3) is 0 Å². The topological polar surface area (TPSA) is 45.7 Å². The van der Waals surface area contributed by atoms with Crippen LogP contribution in [0.25, 0.3) is 0 Å². The SMILES string of the molecule is CN=C(NCCCCOc1ccc(F)cc1)NC(C)(C)C. The Hall–Kier alpha value is -1.78. The fourth-order valence-corrected chi connectivity index (χ4v) is 1.69. The van der Waals surface area contributed by atoms with Crippen LogP contribution in [0.3, 0.4) is 0 Å². The molecule has 0 atom stereocenters. The monoisotopic (exact) mass is 295 g/mol. The highest BCUT2D eigenvalue weighted by atomic mass is 19.1. The summed E-state index contributed by atoms with van der Waals surface area (Å²) in [5, 5.41) is 6.57. The zero-order valence-corrected chi connectivity index (χ0v) is 13.4. The van der Waals surface area contributed by atoms with Crippen LogP contribution >= 0.6 is 0 Å². The highest BCUT2D eigenvalue weighted by Gasteiger charge is 2.10. The van der Waals surface area contributed by atoms with E-state index >= 15 is 0 Å². The third-order valence-electron chi connectivity index (χ3n) is 2.66. The van der Waals surface area contributed by atoms with Gasteiger partial charge in [-0.25, -0.2) is 4.39 Å². The fraction of sp³-hybridized carbons (Fsp3) is 0.562. The van der Waals surface area contributed by atoms with E-state index in [4.69, 9.17) is 4.74 Å². The number of benzene rings is 1. The molecule has 2 N–H and O–H groups in total. The standard InChI is InChI=1S/C16H26FN3O/c1-16(2,3)20-15(18-4)19-11-5-6-12-21-14-9-7-13(17)8-10-14/h7-10H,5-6,11-12H2,1-4H3,(H2,18,19,20). The normalized spacial score (nSPS) is 12.1. The Bertz CT molecular complexity index is 438. The molecular formula is C16H26FN3O. The van der Waals surface area contributed by atoms with Crippen LogP contribution in [0.15, 0.2) is 29.3 Å². The maximum atomic E-state index is 12.7. The Kier molecular flexibility index (Phi) is 6.99. The number of hydrogen-bond acceptors (Lipinski definition) is 2. The maximum Gasteiger partial charge on any atom is 0.191 e. The van der Waals surface area contributed by atoms with Gasteiger partial charge in [0.2, 0.25) is 0 Å². The van der Waals surface area contributed by atoms with Crippen molar-refractivity contribution in [3.8, 4) is 5.75 Å². The lowest BCUT2D eigenvalue weighted by Gasteiger charge is -2.23. The van der Waals surface area contributed by atoms with Crippen LogP contribution in [0.5, 0.6) is 5.75 Å². The maximum absolute atomic E-state index is 12.7. The Morgan fingerprint density at radius 1 is 1.19 bits per heavy atom. The second-order valence-electron chi connectivity index (χ2n) is 5.88. The van der Waals surface area contributed by atoms with E-state index in [1.54, 1.807) is 19.2 Å². The number of halogens is 1. The van der Waals surface area contributed by atoms with E-state index in [0.717, 1.165) is 25.3 Å². The first-order valence-electron chi connectivity index (χ1n) is 7.28. The van der Waals surface area contributed by atoms with Crippen LogP contribution in [-0.4, -0.2) is 31.7 Å². The second kappa shape index (κ2) is 8.49. The first-order chi connectivity index (χ1) is 9.90. The molecule has 0 aliphatic carbocycles. The van der Waals surface area contributed by atoms with Gasteiger partial charge in [0, 0.05) is 19.1 Å². The van der Waals surface area contributed by atoms with Crippen LogP contribution in [0.1, 0.15) is 33.6 Å². The van der Waals surface area contributed by atoms with Gasteiger partial charge in [-0.2, -0.15) is 0 Å². The molecular weight excluding hydrogens is 269 g/mol. The quantitative estimate of drug-likeness (QED) is 0.482. The lowest BCUT2D eigenvalue weighted by molar-refractivity contribution is 0.306. The lowest BCUT2D eigenvalue weighted by atomic mass is 10.1. The molecule has 5 heteroatoms. The summed E-state index contributed by atoms with van der Waals surface area (Å²) in [5.74, 6) is 1.26. The van der Waals surface area contributed by atoms with Crippen LogP contribution in [0, 0.1) is 5.82 Å². The first kappa shape index (κ1) is 17.3. The number of nitrogens with one attached hydrogen (secondary N) is 2. The summed E-state index contributed by atoms with van der Waals surface area (Å²) in [5.41, 5.74) is -0.00641. The Balaban J connectivity index is 2.12. The molecule has 0 bridgehead atoms. The molecule has 4 nitrogen and oxygen atoms in total. The van der Waals surface area contributed by atoms with E-state index in [2.05, 4.69) is 36.4 Å². The van der Waals surface area contributed by atoms with E-state index in [9.17, 15) is 4.39 Å². The molecule has 0 aliphatic heterocycles. The smallest absolute Gasteiger partial charge is 0.191 e. The van der Waals surface area contributed by atoms with Crippen molar-refractivity contribution in [3.05, 3.63) is 30.1 Å². The highest BCUT2D eigenvalue weighted by molar-refractivity contribution is 5.80. The van der Waals surface area contributed by atoms with Crippen LogP contribution in [-0.2, 0) is 0 Å². The number of ether oxygens (including phenoxy) is 1. The van der Waals surface area contributed by atoms with Crippen molar-refractivity contribution in [2.24, 2.45) is 4.99 Å². The third kappa shape index (κ3) is 8.17. The Morgan fingerprint density at radius 3 is 2.43 bits per heavy atom. The number of rotatable bonds is 6. The van der Waals surface area contributed by atoms with E-state index in [1.807, 2.05) is 0 Å². The van der Waals surface area contributed by atoms with Crippen molar-refractivity contribution < 1.29 is 9.13 Å². The molecule has 0 aromatic heterocycles. The number of unbranched alkanes of at least 4 members (excludes halogenated alkanes) is 1. The largest absolute Gasteiger partial charge is 0.494 e. The van der Waals surface area contributed by atoms with Gasteiger partial charge in [-0.1, -0.05) is 0 Å². The molecule has 0 aliphatic rings. The minimum absolute atomic E-state index is 0.00641. The van der Waals surface area contributed by atoms with Crippen molar-refractivity contribution in [2.45, 2.75) is 39.2 Å². The molecule has 21 heavy (non-hydrogen) atoms. The van der Waals surface area contributed by atoms with Gasteiger partial charge in [-0.3, -0.25) is 4.99 Å². The molecule has 1 aromatic rings. The number of nitrogens with zero attached hydrogens (tertiary/aromatic N) is 1. The van der Waals surface area contributed by atoms with Gasteiger partial charge in [-0.15, -0.1) is 0 Å². The van der Waals surface area contributed by atoms with Crippen LogP contribution < -0.4 is 15.4 Å². The summed E-state index contributed by atoms with van der Waals surface area (Å²) in [6.45, 7) is 7.74. The van der Waals surface area contributed by atoms with Crippen molar-refractivity contribution >= 4 is 5.96 Å². The molecule has 0 radical (unpaired) electrons. The summed E-state index contributed by atoms with van der Waals surface area (Å²) in [7, 11) is 1.76. The minimum atomic E-state index is -0.246. The molecule has 118 valence electrons. The third-order valence-corrected chi connectivity index (χ3v) is 2.66. The number of guanidine groups is 1. The van der Waals surface area contributed by atoms with Gasteiger partial charge in [-0.05, 0) is 57.9 Å².